The number of amides is 2. The van der Waals surface area contributed by atoms with Crippen LogP contribution >= 0.6 is 0 Å². The van der Waals surface area contributed by atoms with Gasteiger partial charge in [0.25, 0.3) is 0 Å². The number of carboxylic acids is 1. The molecule has 2 rings (SSSR count). The van der Waals surface area contributed by atoms with Crippen LogP contribution in [0.3, 0.4) is 0 Å². The lowest BCUT2D eigenvalue weighted by Crippen LogP contribution is -2.50. The molecule has 2 bridgehead atoms. The minimum Gasteiger partial charge on any atom is -0.481 e. The summed E-state index contributed by atoms with van der Waals surface area (Å²) in [6.45, 7) is 0.157. The maximum atomic E-state index is 11.5. The van der Waals surface area contributed by atoms with Gasteiger partial charge in [0, 0.05) is 6.04 Å². The van der Waals surface area contributed by atoms with Crippen LogP contribution in [0.1, 0.15) is 19.3 Å². The van der Waals surface area contributed by atoms with Crippen LogP contribution in [0.15, 0.2) is 0 Å². The third-order valence-corrected chi connectivity index (χ3v) is 3.85. The molecule has 3 N–H and O–H groups in total. The normalized spacial score (nSPS) is 34.1. The number of hydrogen-bond donors (Lipinski definition) is 3. The van der Waals surface area contributed by atoms with E-state index in [2.05, 4.69) is 16.6 Å². The maximum Gasteiger partial charge on any atom is 0.315 e. The summed E-state index contributed by atoms with van der Waals surface area (Å²) >= 11 is 0. The van der Waals surface area contributed by atoms with Crippen LogP contribution in [0.25, 0.3) is 0 Å². The molecule has 2 saturated carbocycles. The second-order valence-corrected chi connectivity index (χ2v) is 4.75. The zero-order valence-corrected chi connectivity index (χ0v) is 9.48. The van der Waals surface area contributed by atoms with Gasteiger partial charge in [0.2, 0.25) is 0 Å². The van der Waals surface area contributed by atoms with Crippen LogP contribution in [0, 0.1) is 30.1 Å². The minimum absolute atomic E-state index is 0.157. The largest absolute Gasteiger partial charge is 0.481 e. The van der Waals surface area contributed by atoms with Gasteiger partial charge < -0.3 is 15.7 Å². The van der Waals surface area contributed by atoms with Gasteiger partial charge in [0.1, 0.15) is 0 Å². The van der Waals surface area contributed by atoms with E-state index in [9.17, 15) is 14.7 Å². The van der Waals surface area contributed by atoms with Crippen molar-refractivity contribution in [1.29, 1.82) is 0 Å². The van der Waals surface area contributed by atoms with E-state index in [1.54, 1.807) is 0 Å². The summed E-state index contributed by atoms with van der Waals surface area (Å²) in [6.07, 6.45) is 7.92. The SMILES string of the molecule is C#CCNC(=O)NC1C2CCC(C2)C1C(=O)O. The summed E-state index contributed by atoms with van der Waals surface area (Å²) in [5, 5.41) is 14.4. The molecule has 0 spiro atoms. The molecule has 5 heteroatoms. The zero-order chi connectivity index (χ0) is 12.4. The van der Waals surface area contributed by atoms with E-state index < -0.39 is 11.9 Å². The molecule has 2 aliphatic rings. The molecule has 17 heavy (non-hydrogen) atoms. The molecule has 0 aliphatic heterocycles. The first-order valence-corrected chi connectivity index (χ1v) is 5.84. The van der Waals surface area contributed by atoms with E-state index in [1.165, 1.54) is 0 Å². The first kappa shape index (κ1) is 11.8. The Morgan fingerprint density at radius 1 is 1.35 bits per heavy atom. The van der Waals surface area contributed by atoms with Gasteiger partial charge in [-0.1, -0.05) is 5.92 Å². The summed E-state index contributed by atoms with van der Waals surface area (Å²) in [5.74, 6) is 1.58. The van der Waals surface area contributed by atoms with E-state index in [4.69, 9.17) is 6.42 Å². The average molecular weight is 236 g/mol. The Labute approximate surface area is 100.0 Å². The van der Waals surface area contributed by atoms with E-state index in [0.29, 0.717) is 5.92 Å². The van der Waals surface area contributed by atoms with Crippen molar-refractivity contribution in [3.05, 3.63) is 0 Å². The van der Waals surface area contributed by atoms with Crippen LogP contribution in [-0.2, 0) is 4.79 Å². The number of fused-ring (bicyclic) bond motifs is 2. The highest BCUT2D eigenvalue weighted by Gasteiger charge is 2.51. The lowest BCUT2D eigenvalue weighted by molar-refractivity contribution is -0.144. The predicted octanol–water partition coefficient (Wildman–Crippen LogP) is 0.418. The summed E-state index contributed by atoms with van der Waals surface area (Å²) in [7, 11) is 0. The van der Waals surface area contributed by atoms with Crippen LogP contribution in [0.2, 0.25) is 0 Å². The van der Waals surface area contributed by atoms with Crippen molar-refractivity contribution in [3.8, 4) is 12.3 Å². The Bertz CT molecular complexity index is 374. The average Bonchev–Trinajstić information content (AvgIpc) is 2.86. The summed E-state index contributed by atoms with van der Waals surface area (Å²) in [5.41, 5.74) is 0. The Morgan fingerprint density at radius 3 is 2.71 bits per heavy atom. The molecule has 4 unspecified atom stereocenters. The number of carboxylic acid groups (broad SMARTS) is 1. The summed E-state index contributed by atoms with van der Waals surface area (Å²) in [4.78, 5) is 22.7. The Kier molecular flexibility index (Phi) is 3.23. The second kappa shape index (κ2) is 4.66. The third-order valence-electron chi connectivity index (χ3n) is 3.85. The molecule has 0 radical (unpaired) electrons. The molecular weight excluding hydrogens is 220 g/mol. The molecule has 0 saturated heterocycles. The van der Waals surface area contributed by atoms with Crippen LogP contribution in [0.5, 0.6) is 0 Å². The third kappa shape index (κ3) is 2.21. The van der Waals surface area contributed by atoms with Gasteiger partial charge in [-0.25, -0.2) is 4.79 Å². The molecule has 0 aromatic carbocycles. The Morgan fingerprint density at radius 2 is 2.06 bits per heavy atom. The zero-order valence-electron chi connectivity index (χ0n) is 9.48. The van der Waals surface area contributed by atoms with Crippen molar-refractivity contribution < 1.29 is 14.7 Å². The fraction of sp³-hybridized carbons (Fsp3) is 0.667. The van der Waals surface area contributed by atoms with E-state index >= 15 is 0 Å². The maximum absolute atomic E-state index is 11.5. The van der Waals surface area contributed by atoms with Crippen LogP contribution in [-0.4, -0.2) is 29.7 Å². The molecule has 4 atom stereocenters. The van der Waals surface area contributed by atoms with Crippen molar-refractivity contribution in [3.63, 3.8) is 0 Å². The highest BCUT2D eigenvalue weighted by molar-refractivity contribution is 5.77. The van der Waals surface area contributed by atoms with Crippen LogP contribution < -0.4 is 10.6 Å². The van der Waals surface area contributed by atoms with E-state index in [0.717, 1.165) is 19.3 Å². The summed E-state index contributed by atoms with van der Waals surface area (Å²) < 4.78 is 0. The fourth-order valence-corrected chi connectivity index (χ4v) is 3.19. The highest BCUT2D eigenvalue weighted by Crippen LogP contribution is 2.48. The van der Waals surface area contributed by atoms with Gasteiger partial charge in [0.05, 0.1) is 12.5 Å². The Balaban J connectivity index is 1.97. The number of carbonyl (C=O) groups is 2. The lowest BCUT2D eigenvalue weighted by Gasteiger charge is -2.28. The van der Waals surface area contributed by atoms with E-state index in [-0.39, 0.29) is 24.5 Å². The van der Waals surface area contributed by atoms with Gasteiger partial charge in [0.15, 0.2) is 0 Å². The second-order valence-electron chi connectivity index (χ2n) is 4.75. The van der Waals surface area contributed by atoms with Gasteiger partial charge in [-0.3, -0.25) is 4.79 Å². The standard InChI is InChI=1S/C12H16N2O3/c1-2-5-13-12(17)14-10-8-4-3-7(6-8)9(10)11(15)16/h1,7-10H,3-6H2,(H,15,16)(H2,13,14,17). The predicted molar refractivity (Wildman–Crippen MR) is 61.1 cm³/mol. The number of carbonyl (C=O) groups excluding carboxylic acids is 1. The molecule has 5 nitrogen and oxygen atoms in total. The molecule has 2 fully saturated rings. The molecule has 0 heterocycles. The smallest absolute Gasteiger partial charge is 0.315 e. The fourth-order valence-electron chi connectivity index (χ4n) is 3.19. The van der Waals surface area contributed by atoms with Crippen molar-refractivity contribution in [2.45, 2.75) is 25.3 Å². The molecule has 92 valence electrons. The van der Waals surface area contributed by atoms with Crippen LogP contribution in [0.4, 0.5) is 4.79 Å². The van der Waals surface area contributed by atoms with Gasteiger partial charge >= 0.3 is 12.0 Å². The van der Waals surface area contributed by atoms with Gasteiger partial charge in [-0.05, 0) is 31.1 Å². The topological polar surface area (TPSA) is 78.4 Å². The number of urea groups is 1. The molecular formula is C12H16N2O3. The van der Waals surface area contributed by atoms with Gasteiger partial charge in [-0.2, -0.15) is 0 Å². The Hall–Kier alpha value is -1.70. The number of rotatable bonds is 3. The lowest BCUT2D eigenvalue weighted by atomic mass is 9.84. The van der Waals surface area contributed by atoms with Crippen molar-refractivity contribution in [2.24, 2.45) is 17.8 Å². The van der Waals surface area contributed by atoms with Gasteiger partial charge in [-0.15, -0.1) is 6.42 Å². The molecule has 2 aliphatic carbocycles. The number of nitrogens with one attached hydrogen (secondary N) is 2. The number of hydrogen-bond acceptors (Lipinski definition) is 2. The molecule has 2 amide bonds. The van der Waals surface area contributed by atoms with Crippen molar-refractivity contribution >= 4 is 12.0 Å². The highest BCUT2D eigenvalue weighted by atomic mass is 16.4. The molecule has 0 aromatic heterocycles. The van der Waals surface area contributed by atoms with Crippen molar-refractivity contribution in [2.75, 3.05) is 6.54 Å². The first-order chi connectivity index (χ1) is 8.13. The van der Waals surface area contributed by atoms with E-state index in [1.807, 2.05) is 0 Å². The number of terminal acetylenes is 1. The number of aliphatic carboxylic acids is 1. The minimum atomic E-state index is -0.806. The quantitative estimate of drug-likeness (QED) is 0.621. The molecule has 0 aromatic rings. The summed E-state index contributed by atoms with van der Waals surface area (Å²) in [6, 6.07) is -0.615. The first-order valence-electron chi connectivity index (χ1n) is 5.84. The van der Waals surface area contributed by atoms with Crippen molar-refractivity contribution in [1.82, 2.24) is 10.6 Å². The monoisotopic (exact) mass is 236 g/mol.